The van der Waals surface area contributed by atoms with Gasteiger partial charge < -0.3 is 9.88 Å². The summed E-state index contributed by atoms with van der Waals surface area (Å²) in [6.45, 7) is 1.66. The third-order valence-electron chi connectivity index (χ3n) is 4.29. The normalized spacial score (nSPS) is 19.0. The van der Waals surface area contributed by atoms with Crippen LogP contribution < -0.4 is 0 Å². The van der Waals surface area contributed by atoms with Gasteiger partial charge in [0.25, 0.3) is 5.91 Å². The molecule has 0 aliphatic carbocycles. The van der Waals surface area contributed by atoms with E-state index in [1.54, 1.807) is 0 Å². The van der Waals surface area contributed by atoms with Crippen molar-refractivity contribution in [3.8, 4) is 0 Å². The molecule has 1 fully saturated rings. The smallest absolute Gasteiger partial charge is 0.253 e. The topological polar surface area (TPSA) is 36.1 Å². The molecule has 1 aromatic carbocycles. The summed E-state index contributed by atoms with van der Waals surface area (Å²) in [6.07, 6.45) is 2.94. The molecule has 5 heteroatoms. The van der Waals surface area contributed by atoms with Crippen molar-refractivity contribution in [2.45, 2.75) is 11.7 Å². The Hall–Kier alpha value is -1.72. The number of H-pyrrole nitrogens is 1. The van der Waals surface area contributed by atoms with Gasteiger partial charge in [0.1, 0.15) is 0 Å². The Morgan fingerprint density at radius 2 is 2.17 bits per heavy atom. The van der Waals surface area contributed by atoms with Crippen LogP contribution in [0.1, 0.15) is 26.9 Å². The summed E-state index contributed by atoms with van der Waals surface area (Å²) < 4.78 is 0. The molecule has 0 saturated carbocycles. The lowest BCUT2D eigenvalue weighted by Gasteiger charge is -2.20. The van der Waals surface area contributed by atoms with Crippen LogP contribution in [-0.2, 0) is 0 Å². The molecule has 3 aromatic rings. The molecule has 1 saturated heterocycles. The van der Waals surface area contributed by atoms with Crippen LogP contribution in [0.15, 0.2) is 48.0 Å². The number of thiophene rings is 1. The fourth-order valence-corrected chi connectivity index (χ4v) is 5.28. The van der Waals surface area contributed by atoms with E-state index in [0.717, 1.165) is 41.7 Å². The Morgan fingerprint density at radius 1 is 1.22 bits per heavy atom. The molecule has 1 N–H and O–H groups in total. The van der Waals surface area contributed by atoms with Crippen molar-refractivity contribution >= 4 is 39.9 Å². The molecular weight excluding hydrogens is 324 g/mol. The van der Waals surface area contributed by atoms with Crippen molar-refractivity contribution in [3.63, 3.8) is 0 Å². The minimum Gasteiger partial charge on any atom is -0.361 e. The molecule has 118 valence electrons. The standard InChI is InChI=1S/C18H18N2OS2/c21-18(14-3-4-15-13(12-14)5-7-19-15)20-8-6-17(23-11-9-20)16-2-1-10-22-16/h1-5,7,10,12,17,19H,6,8-9,11H2/t17-/m0/s1. The Kier molecular flexibility index (Phi) is 4.14. The van der Waals surface area contributed by atoms with Gasteiger partial charge in [-0.1, -0.05) is 6.07 Å². The third-order valence-corrected chi connectivity index (χ3v) is 6.73. The van der Waals surface area contributed by atoms with Crippen molar-refractivity contribution < 1.29 is 4.79 Å². The first-order valence-corrected chi connectivity index (χ1v) is 9.75. The number of thioether (sulfide) groups is 1. The zero-order chi connectivity index (χ0) is 15.6. The average Bonchev–Trinajstić information content (AvgIpc) is 3.21. The number of benzene rings is 1. The number of nitrogens with one attached hydrogen (secondary N) is 1. The summed E-state index contributed by atoms with van der Waals surface area (Å²) in [7, 11) is 0. The van der Waals surface area contributed by atoms with Crippen LogP contribution in [0.5, 0.6) is 0 Å². The van der Waals surface area contributed by atoms with E-state index in [0.29, 0.717) is 5.25 Å². The van der Waals surface area contributed by atoms with Gasteiger partial charge in [-0.3, -0.25) is 4.79 Å². The quantitative estimate of drug-likeness (QED) is 0.742. The molecule has 0 radical (unpaired) electrons. The van der Waals surface area contributed by atoms with Crippen LogP contribution in [-0.4, -0.2) is 34.6 Å². The van der Waals surface area contributed by atoms with Gasteiger partial charge >= 0.3 is 0 Å². The van der Waals surface area contributed by atoms with E-state index in [2.05, 4.69) is 22.5 Å². The number of hydrogen-bond acceptors (Lipinski definition) is 3. The number of carbonyl (C=O) groups is 1. The van der Waals surface area contributed by atoms with Crippen molar-refractivity contribution in [2.24, 2.45) is 0 Å². The van der Waals surface area contributed by atoms with Gasteiger partial charge in [0.05, 0.1) is 0 Å². The fourth-order valence-electron chi connectivity index (χ4n) is 3.04. The summed E-state index contributed by atoms with van der Waals surface area (Å²) in [6, 6.07) is 12.2. The Labute approximate surface area is 143 Å². The first-order chi connectivity index (χ1) is 11.3. The second-order valence-corrected chi connectivity index (χ2v) is 8.03. The highest BCUT2D eigenvalue weighted by Crippen LogP contribution is 2.36. The maximum absolute atomic E-state index is 12.8. The van der Waals surface area contributed by atoms with Crippen molar-refractivity contribution in [3.05, 3.63) is 58.4 Å². The van der Waals surface area contributed by atoms with Crippen molar-refractivity contribution in [1.82, 2.24) is 9.88 Å². The highest BCUT2D eigenvalue weighted by Gasteiger charge is 2.23. The van der Waals surface area contributed by atoms with E-state index < -0.39 is 0 Å². The SMILES string of the molecule is O=C(c1ccc2[nH]ccc2c1)N1CCS[C@H](c2cccs2)CC1. The molecule has 1 amide bonds. The molecule has 0 unspecified atom stereocenters. The Bertz CT molecular complexity index is 809. The third kappa shape index (κ3) is 3.03. The first kappa shape index (κ1) is 14.8. The monoisotopic (exact) mass is 342 g/mol. The fraction of sp³-hybridized carbons (Fsp3) is 0.278. The zero-order valence-electron chi connectivity index (χ0n) is 12.7. The van der Waals surface area contributed by atoms with Crippen LogP contribution in [0.3, 0.4) is 0 Å². The predicted molar refractivity (Wildman–Crippen MR) is 98.3 cm³/mol. The van der Waals surface area contributed by atoms with Crippen molar-refractivity contribution in [2.75, 3.05) is 18.8 Å². The maximum atomic E-state index is 12.8. The summed E-state index contributed by atoms with van der Waals surface area (Å²) in [5.41, 5.74) is 1.86. The molecular formula is C18H18N2OS2. The van der Waals surface area contributed by atoms with Gasteiger partial charge in [0.15, 0.2) is 0 Å². The van der Waals surface area contributed by atoms with Crippen LogP contribution in [0.25, 0.3) is 10.9 Å². The lowest BCUT2D eigenvalue weighted by Crippen LogP contribution is -2.32. The van der Waals surface area contributed by atoms with E-state index in [1.807, 2.05) is 58.5 Å². The highest BCUT2D eigenvalue weighted by molar-refractivity contribution is 7.99. The number of aromatic nitrogens is 1. The second-order valence-electron chi connectivity index (χ2n) is 5.74. The number of amides is 1. The lowest BCUT2D eigenvalue weighted by atomic mass is 10.1. The number of rotatable bonds is 2. The Balaban J connectivity index is 1.50. The molecule has 4 rings (SSSR count). The minimum atomic E-state index is 0.153. The van der Waals surface area contributed by atoms with Gasteiger partial charge in [-0.05, 0) is 42.1 Å². The van der Waals surface area contributed by atoms with Gasteiger partial charge in [-0.2, -0.15) is 11.8 Å². The van der Waals surface area contributed by atoms with E-state index in [9.17, 15) is 4.79 Å². The number of hydrogen-bond donors (Lipinski definition) is 1. The first-order valence-electron chi connectivity index (χ1n) is 7.83. The van der Waals surface area contributed by atoms with Gasteiger partial charge in [-0.15, -0.1) is 11.3 Å². The molecule has 3 nitrogen and oxygen atoms in total. The van der Waals surface area contributed by atoms with E-state index in [1.165, 1.54) is 4.88 Å². The highest BCUT2D eigenvalue weighted by atomic mass is 32.2. The van der Waals surface area contributed by atoms with E-state index in [-0.39, 0.29) is 5.91 Å². The molecule has 2 aromatic heterocycles. The van der Waals surface area contributed by atoms with E-state index >= 15 is 0 Å². The average molecular weight is 342 g/mol. The molecule has 0 bridgehead atoms. The van der Waals surface area contributed by atoms with Gasteiger partial charge in [0.2, 0.25) is 0 Å². The Morgan fingerprint density at radius 3 is 3.04 bits per heavy atom. The van der Waals surface area contributed by atoms with Crippen LogP contribution in [0.2, 0.25) is 0 Å². The van der Waals surface area contributed by atoms with Gasteiger partial charge in [0, 0.05) is 51.6 Å². The summed E-state index contributed by atoms with van der Waals surface area (Å²) >= 11 is 3.79. The molecule has 0 spiro atoms. The number of nitrogens with zero attached hydrogens (tertiary/aromatic N) is 1. The van der Waals surface area contributed by atoms with Gasteiger partial charge in [-0.25, -0.2) is 0 Å². The van der Waals surface area contributed by atoms with Crippen LogP contribution in [0, 0.1) is 0 Å². The second kappa shape index (κ2) is 6.42. The predicted octanol–water partition coefficient (Wildman–Crippen LogP) is 4.55. The molecule has 1 aliphatic rings. The zero-order valence-corrected chi connectivity index (χ0v) is 14.3. The molecule has 3 heterocycles. The number of fused-ring (bicyclic) bond motifs is 1. The van der Waals surface area contributed by atoms with Crippen molar-refractivity contribution in [1.29, 1.82) is 0 Å². The summed E-state index contributed by atoms with van der Waals surface area (Å²) in [4.78, 5) is 19.4. The largest absolute Gasteiger partial charge is 0.361 e. The van der Waals surface area contributed by atoms with Crippen LogP contribution in [0.4, 0.5) is 0 Å². The lowest BCUT2D eigenvalue weighted by molar-refractivity contribution is 0.0767. The number of carbonyl (C=O) groups excluding carboxylic acids is 1. The maximum Gasteiger partial charge on any atom is 0.253 e. The number of aromatic amines is 1. The molecule has 23 heavy (non-hydrogen) atoms. The van der Waals surface area contributed by atoms with Crippen LogP contribution >= 0.6 is 23.1 Å². The summed E-state index contributed by atoms with van der Waals surface area (Å²) in [5.74, 6) is 1.15. The minimum absolute atomic E-state index is 0.153. The molecule has 1 aliphatic heterocycles. The van der Waals surface area contributed by atoms with E-state index in [4.69, 9.17) is 0 Å². The summed E-state index contributed by atoms with van der Waals surface area (Å²) in [5, 5.41) is 3.76. The molecule has 1 atom stereocenters.